The van der Waals surface area contributed by atoms with Gasteiger partial charge in [-0.2, -0.15) is 17.7 Å². The van der Waals surface area contributed by atoms with E-state index in [-0.39, 0.29) is 0 Å². The summed E-state index contributed by atoms with van der Waals surface area (Å²) in [7, 11) is 0. The number of allylic oxidation sites excluding steroid dienone is 4. The third-order valence-electron chi connectivity index (χ3n) is 4.15. The van der Waals surface area contributed by atoms with E-state index in [1.807, 2.05) is 0 Å². The second-order valence-electron chi connectivity index (χ2n) is 6.39. The summed E-state index contributed by atoms with van der Waals surface area (Å²) in [4.78, 5) is 0. The predicted octanol–water partition coefficient (Wildman–Crippen LogP) is 5.32. The summed E-state index contributed by atoms with van der Waals surface area (Å²) >= 11 is 1.55. The van der Waals surface area contributed by atoms with Crippen LogP contribution in [0.3, 0.4) is 0 Å². The van der Waals surface area contributed by atoms with Crippen LogP contribution in [0.25, 0.3) is 11.1 Å². The van der Waals surface area contributed by atoms with Crippen LogP contribution >= 0.6 is 0 Å². The molecule has 0 N–H and O–H groups in total. The molecule has 23 heavy (non-hydrogen) atoms. The molecule has 0 bridgehead atoms. The minimum absolute atomic E-state index is 0.411. The van der Waals surface area contributed by atoms with E-state index in [0.717, 1.165) is 6.42 Å². The molecule has 2 aromatic carbocycles. The molecule has 114 valence electrons. The van der Waals surface area contributed by atoms with E-state index in [2.05, 4.69) is 81.5 Å². The van der Waals surface area contributed by atoms with Crippen molar-refractivity contribution in [2.75, 3.05) is 0 Å². The largest absolute Gasteiger partial charge is 0.175 e. The standard InChI is InChI=1S/C19H15.C3H6.Zr/c1-13-10-19-16(11-15-8-4-5-9-17(15)19)12-18(13)14-6-2-3-7-14;1-3-2;/h2-10,14H,11H2,1H3;1-2H3;/q-1;;. The molecule has 0 aromatic heterocycles. The Morgan fingerprint density at radius 1 is 1.09 bits per heavy atom. The summed E-state index contributed by atoms with van der Waals surface area (Å²) in [5.74, 6) is 0.411. The number of hydrogen-bond acceptors (Lipinski definition) is 0. The van der Waals surface area contributed by atoms with Crippen molar-refractivity contribution in [3.8, 4) is 11.1 Å². The fraction of sp³-hybridized carbons (Fsp3) is 0.227. The molecule has 2 aliphatic rings. The average Bonchev–Trinajstić information content (AvgIpc) is 3.13. The number of aryl methyl sites for hydroxylation is 1. The van der Waals surface area contributed by atoms with Crippen LogP contribution in [-0.4, -0.2) is 3.21 Å². The first-order chi connectivity index (χ1) is 11.1. The maximum absolute atomic E-state index is 3.68. The van der Waals surface area contributed by atoms with E-state index in [4.69, 9.17) is 0 Å². The van der Waals surface area contributed by atoms with Crippen LogP contribution < -0.4 is 0 Å². The number of benzene rings is 2. The zero-order valence-electron chi connectivity index (χ0n) is 14.0. The Kier molecular flexibility index (Phi) is 5.07. The van der Waals surface area contributed by atoms with Gasteiger partial charge in [0.15, 0.2) is 0 Å². The fourth-order valence-electron chi connectivity index (χ4n) is 3.19. The molecular formula is C22H21Zr-. The van der Waals surface area contributed by atoms with Crippen LogP contribution in [0.15, 0.2) is 54.6 Å². The average molecular weight is 377 g/mol. The summed E-state index contributed by atoms with van der Waals surface area (Å²) in [6, 6.07) is 14.7. The van der Waals surface area contributed by atoms with Crippen molar-refractivity contribution in [1.82, 2.24) is 0 Å². The Morgan fingerprint density at radius 2 is 1.74 bits per heavy atom. The topological polar surface area (TPSA) is 0 Å². The van der Waals surface area contributed by atoms with E-state index < -0.39 is 0 Å². The first kappa shape index (κ1) is 16.5. The minimum atomic E-state index is 0.411. The molecule has 4 rings (SSSR count). The van der Waals surface area contributed by atoms with Gasteiger partial charge in [-0.05, 0) is 12.3 Å². The van der Waals surface area contributed by atoms with Crippen molar-refractivity contribution >= 4 is 3.21 Å². The Morgan fingerprint density at radius 3 is 2.43 bits per heavy atom. The van der Waals surface area contributed by atoms with E-state index in [1.165, 1.54) is 36.6 Å². The molecule has 1 heteroatoms. The zero-order valence-corrected chi connectivity index (χ0v) is 16.4. The third-order valence-corrected chi connectivity index (χ3v) is 4.15. The van der Waals surface area contributed by atoms with Crippen molar-refractivity contribution in [3.63, 3.8) is 0 Å². The van der Waals surface area contributed by atoms with Crippen molar-refractivity contribution in [2.45, 2.75) is 33.1 Å². The van der Waals surface area contributed by atoms with Crippen molar-refractivity contribution in [1.29, 1.82) is 0 Å². The summed E-state index contributed by atoms with van der Waals surface area (Å²) in [5.41, 5.74) is 8.23. The molecule has 0 fully saturated rings. The van der Waals surface area contributed by atoms with Crippen LogP contribution in [-0.2, 0) is 30.7 Å². The van der Waals surface area contributed by atoms with Gasteiger partial charge in [-0.25, -0.2) is 0 Å². The molecule has 2 aromatic rings. The van der Waals surface area contributed by atoms with Crippen molar-refractivity contribution in [2.24, 2.45) is 0 Å². The Balaban J connectivity index is 0.000000354. The van der Waals surface area contributed by atoms with Gasteiger partial charge < -0.3 is 0 Å². The molecule has 0 nitrogen and oxygen atoms in total. The maximum Gasteiger partial charge on any atom is -0.00192 e. The Hall–Kier alpha value is -1.33. The van der Waals surface area contributed by atoms with Gasteiger partial charge in [-0.3, -0.25) is 0 Å². The van der Waals surface area contributed by atoms with Crippen LogP contribution in [0.2, 0.25) is 0 Å². The first-order valence-electron chi connectivity index (χ1n) is 8.07. The van der Waals surface area contributed by atoms with E-state index >= 15 is 0 Å². The maximum atomic E-state index is 3.68. The molecule has 0 aliphatic heterocycles. The van der Waals surface area contributed by atoms with Gasteiger partial charge in [0, 0.05) is 0 Å². The quantitative estimate of drug-likeness (QED) is 0.504. The van der Waals surface area contributed by atoms with Gasteiger partial charge >= 0.3 is 41.3 Å². The zero-order chi connectivity index (χ0) is 16.4. The molecule has 0 unspecified atom stereocenters. The molecule has 0 radical (unpaired) electrons. The summed E-state index contributed by atoms with van der Waals surface area (Å²) in [5, 5.41) is 0. The number of fused-ring (bicyclic) bond motifs is 3. The van der Waals surface area contributed by atoms with Crippen LogP contribution in [0.4, 0.5) is 0 Å². The van der Waals surface area contributed by atoms with Gasteiger partial charge in [0.2, 0.25) is 0 Å². The molecule has 0 saturated carbocycles. The summed E-state index contributed by atoms with van der Waals surface area (Å²) in [6.07, 6.45) is 9.76. The molecular weight excluding hydrogens is 355 g/mol. The van der Waals surface area contributed by atoms with Crippen LogP contribution in [0.5, 0.6) is 0 Å². The molecule has 0 amide bonds. The number of hydrogen-bond donors (Lipinski definition) is 0. The fourth-order valence-corrected chi connectivity index (χ4v) is 3.19. The Bertz CT molecular complexity index is 793. The van der Waals surface area contributed by atoms with Gasteiger partial charge in [-0.1, -0.05) is 66.6 Å². The SMILES string of the molecule is C[C](C)=[Zr].Cc1cc2c([c-]c1C1C=CC=C1)Cc1ccccc1-2. The van der Waals surface area contributed by atoms with E-state index in [0.29, 0.717) is 5.92 Å². The molecule has 0 spiro atoms. The minimum Gasteiger partial charge on any atom is -0.175 e. The molecule has 0 saturated heterocycles. The van der Waals surface area contributed by atoms with Crippen LogP contribution in [0, 0.1) is 13.0 Å². The molecule has 0 atom stereocenters. The predicted molar refractivity (Wildman–Crippen MR) is 95.6 cm³/mol. The van der Waals surface area contributed by atoms with Crippen molar-refractivity contribution in [3.05, 3.63) is 83.0 Å². The van der Waals surface area contributed by atoms with Gasteiger partial charge in [0.1, 0.15) is 0 Å². The summed E-state index contributed by atoms with van der Waals surface area (Å²) < 4.78 is 1.51. The molecule has 2 aliphatic carbocycles. The summed E-state index contributed by atoms with van der Waals surface area (Å²) in [6.45, 7) is 6.45. The van der Waals surface area contributed by atoms with Crippen molar-refractivity contribution < 1.29 is 24.2 Å². The number of rotatable bonds is 1. The third kappa shape index (κ3) is 3.61. The molecule has 0 heterocycles. The van der Waals surface area contributed by atoms with E-state index in [9.17, 15) is 0 Å². The van der Waals surface area contributed by atoms with Crippen LogP contribution in [0.1, 0.15) is 42.0 Å². The monoisotopic (exact) mass is 375 g/mol. The normalized spacial score (nSPS) is 14.2. The second kappa shape index (κ2) is 7.06. The Labute approximate surface area is 154 Å². The van der Waals surface area contributed by atoms with Gasteiger partial charge in [0.25, 0.3) is 0 Å². The first-order valence-corrected chi connectivity index (χ1v) is 9.30. The van der Waals surface area contributed by atoms with E-state index in [1.54, 1.807) is 24.2 Å². The second-order valence-corrected chi connectivity index (χ2v) is 8.85. The van der Waals surface area contributed by atoms with Gasteiger partial charge in [-0.15, -0.1) is 16.7 Å². The smallest absolute Gasteiger partial charge is 0.00192 e. The van der Waals surface area contributed by atoms with Gasteiger partial charge in [0.05, 0.1) is 0 Å².